The molecule has 8 heteroatoms. The lowest BCUT2D eigenvalue weighted by Crippen LogP contribution is -2.58. The number of amides is 3. The number of phenolic OH excluding ortho intramolecular Hbond substituents is 1. The Morgan fingerprint density at radius 1 is 0.976 bits per heavy atom. The van der Waals surface area contributed by atoms with Crippen LogP contribution in [-0.4, -0.2) is 51.6 Å². The lowest BCUT2D eigenvalue weighted by Gasteiger charge is -2.44. The molecule has 3 N–H and O–H groups in total. The third-order valence-corrected chi connectivity index (χ3v) is 8.01. The lowest BCUT2D eigenvalue weighted by molar-refractivity contribution is -0.147. The molecule has 2 fully saturated rings. The van der Waals surface area contributed by atoms with E-state index in [0.29, 0.717) is 11.1 Å². The largest absolute Gasteiger partial charge is 0.508 e. The molecule has 2 aliphatic carbocycles. The van der Waals surface area contributed by atoms with Gasteiger partial charge >= 0.3 is 6.09 Å². The zero-order valence-electron chi connectivity index (χ0n) is 24.8. The Labute approximate surface area is 243 Å². The Morgan fingerprint density at radius 3 is 2.24 bits per heavy atom. The first-order valence-electron chi connectivity index (χ1n) is 15.0. The maximum atomic E-state index is 14.6. The number of phenols is 1. The summed E-state index contributed by atoms with van der Waals surface area (Å²) in [6.45, 7) is 7.12. The van der Waals surface area contributed by atoms with E-state index in [-0.39, 0.29) is 36.1 Å². The molecule has 2 aliphatic rings. The SMILES string of the molecule is Cc1cc(C(C(=O)NC2CCCCC2)N(C(=O)C(Cc2ccccc2)NC(=O)OC(C)(C)C)C2CCC2)ccc1O. The average Bonchev–Trinajstić information content (AvgIpc) is 2.88. The van der Waals surface area contributed by atoms with Crippen molar-refractivity contribution in [3.8, 4) is 5.75 Å². The van der Waals surface area contributed by atoms with Crippen LogP contribution in [0.25, 0.3) is 0 Å². The van der Waals surface area contributed by atoms with E-state index in [9.17, 15) is 19.5 Å². The number of hydrogen-bond acceptors (Lipinski definition) is 5. The van der Waals surface area contributed by atoms with Crippen LogP contribution in [0, 0.1) is 6.92 Å². The Bertz CT molecular complexity index is 1200. The fraction of sp³-hybridized carbons (Fsp3) is 0.545. The molecule has 0 bridgehead atoms. The van der Waals surface area contributed by atoms with Crippen LogP contribution in [0.15, 0.2) is 48.5 Å². The highest BCUT2D eigenvalue weighted by atomic mass is 16.6. The maximum absolute atomic E-state index is 14.6. The van der Waals surface area contributed by atoms with Crippen molar-refractivity contribution in [3.63, 3.8) is 0 Å². The summed E-state index contributed by atoms with van der Waals surface area (Å²) in [5.74, 6) is -0.410. The van der Waals surface area contributed by atoms with Gasteiger partial charge in [0.15, 0.2) is 0 Å². The van der Waals surface area contributed by atoms with Crippen molar-refractivity contribution in [2.75, 3.05) is 0 Å². The van der Waals surface area contributed by atoms with Crippen molar-refractivity contribution >= 4 is 17.9 Å². The van der Waals surface area contributed by atoms with E-state index in [1.807, 2.05) is 30.3 Å². The smallest absolute Gasteiger partial charge is 0.408 e. The molecule has 222 valence electrons. The predicted octanol–water partition coefficient (Wildman–Crippen LogP) is 5.71. The number of alkyl carbamates (subject to hydrolysis) is 1. The summed E-state index contributed by atoms with van der Waals surface area (Å²) in [5.41, 5.74) is 1.43. The first-order chi connectivity index (χ1) is 19.5. The second kappa shape index (κ2) is 13.4. The van der Waals surface area contributed by atoms with Gasteiger partial charge < -0.3 is 25.4 Å². The molecule has 0 heterocycles. The molecule has 41 heavy (non-hydrogen) atoms. The summed E-state index contributed by atoms with van der Waals surface area (Å²) in [6, 6.07) is 12.7. The highest BCUT2D eigenvalue weighted by molar-refractivity contribution is 5.92. The van der Waals surface area contributed by atoms with Crippen molar-refractivity contribution in [1.82, 2.24) is 15.5 Å². The Hall–Kier alpha value is -3.55. The molecule has 2 saturated carbocycles. The molecule has 2 unspecified atom stereocenters. The molecule has 3 amide bonds. The summed E-state index contributed by atoms with van der Waals surface area (Å²) in [7, 11) is 0. The summed E-state index contributed by atoms with van der Waals surface area (Å²) in [4.78, 5) is 43.3. The molecule has 0 aliphatic heterocycles. The Kier molecular flexibility index (Phi) is 9.94. The molecule has 0 spiro atoms. The molecule has 0 radical (unpaired) electrons. The molecule has 2 aromatic carbocycles. The van der Waals surface area contributed by atoms with E-state index in [2.05, 4.69) is 10.6 Å². The molecule has 2 aromatic rings. The first-order valence-corrected chi connectivity index (χ1v) is 15.0. The molecule has 0 saturated heterocycles. The van der Waals surface area contributed by atoms with Crippen LogP contribution in [-0.2, 0) is 20.7 Å². The predicted molar refractivity (Wildman–Crippen MR) is 158 cm³/mol. The number of ether oxygens (including phenoxy) is 1. The summed E-state index contributed by atoms with van der Waals surface area (Å²) >= 11 is 0. The summed E-state index contributed by atoms with van der Waals surface area (Å²) in [6.07, 6.45) is 7.23. The van der Waals surface area contributed by atoms with Gasteiger partial charge in [0.1, 0.15) is 23.4 Å². The maximum Gasteiger partial charge on any atom is 0.408 e. The van der Waals surface area contributed by atoms with Crippen LogP contribution in [0.5, 0.6) is 5.75 Å². The van der Waals surface area contributed by atoms with Crippen molar-refractivity contribution in [3.05, 3.63) is 65.2 Å². The Morgan fingerprint density at radius 2 is 1.66 bits per heavy atom. The third kappa shape index (κ3) is 8.24. The number of aromatic hydroxyl groups is 1. The second-order valence-corrected chi connectivity index (χ2v) is 12.5. The lowest BCUT2D eigenvalue weighted by atomic mass is 9.87. The first kappa shape index (κ1) is 30.4. The van der Waals surface area contributed by atoms with E-state index in [4.69, 9.17) is 4.74 Å². The molecule has 2 atom stereocenters. The molecule has 8 nitrogen and oxygen atoms in total. The monoisotopic (exact) mass is 563 g/mol. The number of carbonyl (C=O) groups is 3. The van der Waals surface area contributed by atoms with Gasteiger partial charge in [-0.3, -0.25) is 9.59 Å². The van der Waals surface area contributed by atoms with Crippen LogP contribution in [0.4, 0.5) is 4.79 Å². The van der Waals surface area contributed by atoms with Gasteiger partial charge in [-0.25, -0.2) is 4.79 Å². The second-order valence-electron chi connectivity index (χ2n) is 12.5. The van der Waals surface area contributed by atoms with Gasteiger partial charge in [0.2, 0.25) is 11.8 Å². The van der Waals surface area contributed by atoms with Crippen LogP contribution in [0.1, 0.15) is 94.9 Å². The number of nitrogens with one attached hydrogen (secondary N) is 2. The molecule has 4 rings (SSSR count). The quantitative estimate of drug-likeness (QED) is 0.362. The minimum absolute atomic E-state index is 0.0651. The van der Waals surface area contributed by atoms with E-state index in [0.717, 1.165) is 56.9 Å². The highest BCUT2D eigenvalue weighted by Crippen LogP contribution is 2.35. The van der Waals surface area contributed by atoms with E-state index < -0.39 is 23.8 Å². The van der Waals surface area contributed by atoms with Gasteiger partial charge in [-0.15, -0.1) is 0 Å². The zero-order chi connectivity index (χ0) is 29.6. The Balaban J connectivity index is 1.72. The fourth-order valence-electron chi connectivity index (χ4n) is 5.68. The minimum atomic E-state index is -0.934. The van der Waals surface area contributed by atoms with Gasteiger partial charge in [0.25, 0.3) is 0 Å². The number of rotatable bonds is 9. The van der Waals surface area contributed by atoms with Crippen molar-refractivity contribution in [2.24, 2.45) is 0 Å². The molecular weight excluding hydrogens is 518 g/mol. The van der Waals surface area contributed by atoms with E-state index >= 15 is 0 Å². The van der Waals surface area contributed by atoms with Crippen molar-refractivity contribution in [2.45, 2.75) is 115 Å². The van der Waals surface area contributed by atoms with Crippen molar-refractivity contribution < 1.29 is 24.2 Å². The number of carbonyl (C=O) groups excluding carboxylic acids is 3. The standard InChI is InChI=1S/C33H45N3O5/c1-22-20-24(18-19-28(22)37)29(30(38)34-25-14-9-6-10-15-25)36(26-16-11-17-26)31(39)27(21-23-12-7-5-8-13-23)35-32(40)41-33(2,3)4/h5,7-8,12-13,18-20,25-27,29,37H,6,9-11,14-17,21H2,1-4H3,(H,34,38)(H,35,40). The van der Waals surface area contributed by atoms with Gasteiger partial charge in [-0.05, 0) is 88.6 Å². The number of nitrogens with zero attached hydrogens (tertiary/aromatic N) is 1. The van der Waals surface area contributed by atoms with Gasteiger partial charge in [0, 0.05) is 18.5 Å². The van der Waals surface area contributed by atoms with E-state index in [1.54, 1.807) is 50.8 Å². The molecular formula is C33H45N3O5. The normalized spacial score (nSPS) is 17.6. The van der Waals surface area contributed by atoms with Crippen molar-refractivity contribution in [1.29, 1.82) is 0 Å². The summed E-state index contributed by atoms with van der Waals surface area (Å²) < 4.78 is 5.53. The average molecular weight is 564 g/mol. The van der Waals surface area contributed by atoms with E-state index in [1.165, 1.54) is 0 Å². The van der Waals surface area contributed by atoms with Gasteiger partial charge in [0.05, 0.1) is 0 Å². The number of hydrogen-bond donors (Lipinski definition) is 3. The van der Waals surface area contributed by atoms with Crippen LogP contribution in [0.3, 0.4) is 0 Å². The number of benzene rings is 2. The van der Waals surface area contributed by atoms with Gasteiger partial charge in [-0.1, -0.05) is 55.7 Å². The minimum Gasteiger partial charge on any atom is -0.508 e. The van der Waals surface area contributed by atoms with Gasteiger partial charge in [-0.2, -0.15) is 0 Å². The van der Waals surface area contributed by atoms with Crippen LogP contribution < -0.4 is 10.6 Å². The molecule has 0 aromatic heterocycles. The fourth-order valence-corrected chi connectivity index (χ4v) is 5.68. The third-order valence-electron chi connectivity index (χ3n) is 8.01. The van der Waals surface area contributed by atoms with Crippen LogP contribution >= 0.6 is 0 Å². The summed E-state index contributed by atoms with van der Waals surface area (Å²) in [5, 5.41) is 16.3. The highest BCUT2D eigenvalue weighted by Gasteiger charge is 2.42. The zero-order valence-corrected chi connectivity index (χ0v) is 24.8. The topological polar surface area (TPSA) is 108 Å². The van der Waals surface area contributed by atoms with Crippen LogP contribution in [0.2, 0.25) is 0 Å². The number of aryl methyl sites for hydroxylation is 1.